The first-order chi connectivity index (χ1) is 13.2. The highest BCUT2D eigenvalue weighted by atomic mass is 16.3. The normalized spacial score (nSPS) is 15.0. The molecule has 0 spiro atoms. The molecule has 28 heavy (non-hydrogen) atoms. The lowest BCUT2D eigenvalue weighted by molar-refractivity contribution is -0.125. The van der Waals surface area contributed by atoms with Gasteiger partial charge >= 0.3 is 0 Å². The Bertz CT molecular complexity index is 846. The fraction of sp³-hybridized carbons (Fsp3) is 0.545. The van der Waals surface area contributed by atoms with Crippen molar-refractivity contribution in [1.82, 2.24) is 10.3 Å². The number of H-pyrrole nitrogens is 1. The van der Waals surface area contributed by atoms with Crippen molar-refractivity contribution in [3.05, 3.63) is 45.7 Å². The van der Waals surface area contributed by atoms with E-state index in [1.807, 2.05) is 18.2 Å². The molecule has 1 aromatic heterocycles. The highest BCUT2D eigenvalue weighted by Gasteiger charge is 2.21. The lowest BCUT2D eigenvalue weighted by Crippen LogP contribution is -2.39. The summed E-state index contributed by atoms with van der Waals surface area (Å²) in [7, 11) is 0. The second-order valence-electron chi connectivity index (χ2n) is 8.15. The third kappa shape index (κ3) is 6.46. The van der Waals surface area contributed by atoms with E-state index in [9.17, 15) is 14.7 Å². The molecule has 1 fully saturated rings. The van der Waals surface area contributed by atoms with Gasteiger partial charge in [-0.3, -0.25) is 9.59 Å². The number of hydrogen-bond acceptors (Lipinski definition) is 4. The van der Waals surface area contributed by atoms with E-state index in [0.717, 1.165) is 18.4 Å². The van der Waals surface area contributed by atoms with Crippen LogP contribution >= 0.6 is 0 Å². The Balaban J connectivity index is 0.000000200. The lowest BCUT2D eigenvalue weighted by atomic mass is 9.95. The summed E-state index contributed by atoms with van der Waals surface area (Å²) in [5.74, 6) is -0.0237. The zero-order valence-electron chi connectivity index (χ0n) is 17.0. The van der Waals surface area contributed by atoms with Crippen LogP contribution in [-0.4, -0.2) is 32.7 Å². The Morgan fingerprint density at radius 2 is 1.86 bits per heavy atom. The van der Waals surface area contributed by atoms with Gasteiger partial charge in [0.25, 0.3) is 0 Å². The zero-order chi connectivity index (χ0) is 20.7. The van der Waals surface area contributed by atoms with Gasteiger partial charge in [0.05, 0.1) is 18.6 Å². The fourth-order valence-electron chi connectivity index (χ4n) is 3.46. The van der Waals surface area contributed by atoms with Crippen molar-refractivity contribution in [2.75, 3.05) is 0 Å². The number of fused-ring (bicyclic) bond motifs is 1. The van der Waals surface area contributed by atoms with Crippen LogP contribution in [0.2, 0.25) is 0 Å². The molecule has 154 valence electrons. The summed E-state index contributed by atoms with van der Waals surface area (Å²) in [6.45, 7) is 4.91. The van der Waals surface area contributed by atoms with Crippen molar-refractivity contribution in [3.63, 3.8) is 0 Å². The van der Waals surface area contributed by atoms with Crippen LogP contribution in [0.3, 0.4) is 0 Å². The number of aromatic amines is 1. The summed E-state index contributed by atoms with van der Waals surface area (Å²) >= 11 is 0. The first kappa shape index (κ1) is 22.1. The van der Waals surface area contributed by atoms with E-state index >= 15 is 0 Å². The second-order valence-corrected chi connectivity index (χ2v) is 8.15. The molecule has 0 saturated heterocycles. The number of hydrogen-bond donors (Lipinski definition) is 4. The SMILES string of the molecule is CC(C)(O)CC(=O)NC1CCCCC1.Cc1c(CO)[nH]c2ccccc2c1=O. The Kier molecular flexibility index (Phi) is 7.78. The smallest absolute Gasteiger partial charge is 0.223 e. The van der Waals surface area contributed by atoms with Crippen molar-refractivity contribution in [2.24, 2.45) is 0 Å². The van der Waals surface area contributed by atoms with E-state index in [2.05, 4.69) is 10.3 Å². The zero-order valence-corrected chi connectivity index (χ0v) is 17.0. The van der Waals surface area contributed by atoms with Crippen LogP contribution in [0.25, 0.3) is 10.9 Å². The molecule has 1 heterocycles. The molecule has 0 bridgehead atoms. The summed E-state index contributed by atoms with van der Waals surface area (Å²) in [6, 6.07) is 7.64. The minimum absolute atomic E-state index is 0.0107. The predicted octanol–water partition coefficient (Wildman–Crippen LogP) is 2.93. The quantitative estimate of drug-likeness (QED) is 0.647. The minimum atomic E-state index is -0.890. The Morgan fingerprint density at radius 1 is 1.21 bits per heavy atom. The number of amides is 1. The molecule has 0 radical (unpaired) electrons. The number of pyridine rings is 1. The van der Waals surface area contributed by atoms with Crippen molar-refractivity contribution < 1.29 is 15.0 Å². The first-order valence-corrected chi connectivity index (χ1v) is 9.94. The van der Waals surface area contributed by atoms with Gasteiger partial charge in [0, 0.05) is 28.2 Å². The molecule has 1 saturated carbocycles. The number of aliphatic hydroxyl groups is 2. The van der Waals surface area contributed by atoms with Crippen LogP contribution < -0.4 is 10.7 Å². The number of nitrogens with one attached hydrogen (secondary N) is 2. The van der Waals surface area contributed by atoms with Crippen molar-refractivity contribution in [1.29, 1.82) is 0 Å². The standard InChI is InChI=1S/C11H11NO2.C11H21NO2/c1-7-10(6-13)12-9-5-3-2-4-8(9)11(7)14;1-11(2,14)8-10(13)12-9-6-4-3-5-7-9/h2-5,13H,6H2,1H3,(H,12,14);9,14H,3-8H2,1-2H3,(H,12,13). The number of para-hydroxylation sites is 1. The number of carbonyl (C=O) groups is 1. The van der Waals surface area contributed by atoms with Gasteiger partial charge in [-0.05, 0) is 45.7 Å². The van der Waals surface area contributed by atoms with E-state index in [1.165, 1.54) is 19.3 Å². The van der Waals surface area contributed by atoms with Crippen LogP contribution in [0.1, 0.15) is 63.6 Å². The Hall–Kier alpha value is -2.18. The van der Waals surface area contributed by atoms with Crippen LogP contribution in [-0.2, 0) is 11.4 Å². The second kappa shape index (κ2) is 9.85. The van der Waals surface area contributed by atoms with Crippen LogP contribution in [0.15, 0.2) is 29.1 Å². The number of aliphatic hydroxyl groups excluding tert-OH is 1. The third-order valence-corrected chi connectivity index (χ3v) is 4.97. The van der Waals surface area contributed by atoms with E-state index in [4.69, 9.17) is 5.11 Å². The van der Waals surface area contributed by atoms with Crippen LogP contribution in [0.4, 0.5) is 0 Å². The van der Waals surface area contributed by atoms with Gasteiger partial charge in [-0.15, -0.1) is 0 Å². The topological polar surface area (TPSA) is 102 Å². The molecular formula is C22H32N2O4. The fourth-order valence-corrected chi connectivity index (χ4v) is 3.46. The molecule has 4 N–H and O–H groups in total. The highest BCUT2D eigenvalue weighted by molar-refractivity contribution is 5.79. The van der Waals surface area contributed by atoms with Crippen LogP contribution in [0.5, 0.6) is 0 Å². The highest BCUT2D eigenvalue weighted by Crippen LogP contribution is 2.18. The van der Waals surface area contributed by atoms with Crippen molar-refractivity contribution >= 4 is 16.8 Å². The van der Waals surface area contributed by atoms with E-state index < -0.39 is 5.60 Å². The summed E-state index contributed by atoms with van der Waals surface area (Å²) in [4.78, 5) is 26.3. The van der Waals surface area contributed by atoms with E-state index in [1.54, 1.807) is 26.8 Å². The van der Waals surface area contributed by atoms with E-state index in [-0.39, 0.29) is 24.4 Å². The lowest BCUT2D eigenvalue weighted by Gasteiger charge is -2.24. The average molecular weight is 389 g/mol. The van der Waals surface area contributed by atoms with Gasteiger partial charge in [-0.2, -0.15) is 0 Å². The number of aromatic nitrogens is 1. The minimum Gasteiger partial charge on any atom is -0.390 e. The largest absolute Gasteiger partial charge is 0.390 e. The molecule has 0 atom stereocenters. The van der Waals surface area contributed by atoms with Gasteiger partial charge in [0.1, 0.15) is 0 Å². The van der Waals surface area contributed by atoms with E-state index in [0.29, 0.717) is 22.7 Å². The van der Waals surface area contributed by atoms with Gasteiger partial charge in [0.15, 0.2) is 5.43 Å². The molecular weight excluding hydrogens is 356 g/mol. The summed E-state index contributed by atoms with van der Waals surface area (Å²) < 4.78 is 0. The van der Waals surface area contributed by atoms with Crippen LogP contribution in [0, 0.1) is 6.92 Å². The average Bonchev–Trinajstić information content (AvgIpc) is 2.64. The number of benzene rings is 1. The Morgan fingerprint density at radius 3 is 2.46 bits per heavy atom. The molecule has 6 heteroatoms. The molecule has 1 aliphatic carbocycles. The Labute approximate surface area is 166 Å². The maximum absolute atomic E-state index is 11.8. The molecule has 1 aromatic carbocycles. The summed E-state index contributed by atoms with van der Waals surface area (Å²) in [5, 5.41) is 22.1. The molecule has 3 rings (SSSR count). The molecule has 2 aromatic rings. The summed E-state index contributed by atoms with van der Waals surface area (Å²) in [6.07, 6.45) is 6.11. The van der Waals surface area contributed by atoms with Crippen molar-refractivity contribution in [2.45, 2.75) is 77.5 Å². The monoisotopic (exact) mass is 388 g/mol. The maximum atomic E-state index is 11.8. The van der Waals surface area contributed by atoms with Gasteiger partial charge in [-0.1, -0.05) is 31.4 Å². The van der Waals surface area contributed by atoms with Gasteiger partial charge < -0.3 is 20.5 Å². The molecule has 1 amide bonds. The summed E-state index contributed by atoms with van der Waals surface area (Å²) in [5.41, 5.74) is 1.05. The maximum Gasteiger partial charge on any atom is 0.223 e. The first-order valence-electron chi connectivity index (χ1n) is 9.94. The number of carbonyl (C=O) groups excluding carboxylic acids is 1. The molecule has 0 unspecified atom stereocenters. The van der Waals surface area contributed by atoms with Crippen molar-refractivity contribution in [3.8, 4) is 0 Å². The van der Waals surface area contributed by atoms with Gasteiger partial charge in [-0.25, -0.2) is 0 Å². The third-order valence-electron chi connectivity index (χ3n) is 4.97. The van der Waals surface area contributed by atoms with Gasteiger partial charge in [0.2, 0.25) is 5.91 Å². The number of rotatable bonds is 4. The molecule has 0 aliphatic heterocycles. The molecule has 6 nitrogen and oxygen atoms in total. The predicted molar refractivity (Wildman–Crippen MR) is 111 cm³/mol. The molecule has 1 aliphatic rings.